The standard InChI is InChI=1S/C23H18FNO/c1-25-15-20(19-14-18(24)12-13-21(19)25)22(16-8-4-2-5-9-16)23(26)17-10-6-3-7-11-17/h2-15,22H,1H3/t22-/m1/s1. The Bertz CT molecular complexity index is 1070. The first-order valence-corrected chi connectivity index (χ1v) is 8.54. The van der Waals surface area contributed by atoms with E-state index in [9.17, 15) is 9.18 Å². The maximum Gasteiger partial charge on any atom is 0.174 e. The maximum absolute atomic E-state index is 13.9. The van der Waals surface area contributed by atoms with Crippen LogP contribution in [0.25, 0.3) is 10.9 Å². The first kappa shape index (κ1) is 16.3. The number of hydrogen-bond donors (Lipinski definition) is 0. The third-order valence-corrected chi connectivity index (χ3v) is 4.75. The van der Waals surface area contributed by atoms with Gasteiger partial charge in [-0.15, -0.1) is 0 Å². The van der Waals surface area contributed by atoms with Crippen molar-refractivity contribution in [1.29, 1.82) is 0 Å². The molecule has 0 N–H and O–H groups in total. The van der Waals surface area contributed by atoms with Crippen molar-refractivity contribution in [2.75, 3.05) is 0 Å². The molecule has 1 atom stereocenters. The summed E-state index contributed by atoms with van der Waals surface area (Å²) in [5, 5.41) is 0.769. The van der Waals surface area contributed by atoms with Crippen molar-refractivity contribution in [1.82, 2.24) is 4.57 Å². The second-order valence-corrected chi connectivity index (χ2v) is 6.43. The Labute approximate surface area is 151 Å². The quantitative estimate of drug-likeness (QED) is 0.459. The molecule has 4 rings (SSSR count). The van der Waals surface area contributed by atoms with Gasteiger partial charge in [0.05, 0.1) is 5.92 Å². The number of aryl methyl sites for hydroxylation is 1. The Morgan fingerprint density at radius 1 is 0.923 bits per heavy atom. The molecule has 0 bridgehead atoms. The van der Waals surface area contributed by atoms with E-state index in [0.717, 1.165) is 22.0 Å². The van der Waals surface area contributed by atoms with Crippen LogP contribution < -0.4 is 0 Å². The van der Waals surface area contributed by atoms with E-state index in [1.165, 1.54) is 12.1 Å². The van der Waals surface area contributed by atoms with Crippen LogP contribution in [-0.4, -0.2) is 10.4 Å². The highest BCUT2D eigenvalue weighted by atomic mass is 19.1. The molecule has 2 nitrogen and oxygen atoms in total. The molecule has 0 saturated heterocycles. The molecule has 0 amide bonds. The normalized spacial score (nSPS) is 12.2. The summed E-state index contributed by atoms with van der Waals surface area (Å²) in [6, 6.07) is 23.6. The molecule has 1 heterocycles. The Hall–Kier alpha value is -3.20. The molecule has 0 unspecified atom stereocenters. The minimum Gasteiger partial charge on any atom is -0.350 e. The number of halogens is 1. The van der Waals surface area contributed by atoms with E-state index in [-0.39, 0.29) is 11.6 Å². The van der Waals surface area contributed by atoms with Gasteiger partial charge >= 0.3 is 0 Å². The smallest absolute Gasteiger partial charge is 0.174 e. The van der Waals surface area contributed by atoms with Gasteiger partial charge in [-0.1, -0.05) is 60.7 Å². The van der Waals surface area contributed by atoms with Crippen LogP contribution in [0.15, 0.2) is 85.1 Å². The Kier molecular flexibility index (Phi) is 4.13. The molecule has 0 fully saturated rings. The zero-order chi connectivity index (χ0) is 18.1. The maximum atomic E-state index is 13.9. The third kappa shape index (κ3) is 2.82. The van der Waals surface area contributed by atoms with Crippen LogP contribution in [0.3, 0.4) is 0 Å². The highest BCUT2D eigenvalue weighted by Crippen LogP contribution is 2.34. The molecule has 3 aromatic carbocycles. The number of nitrogens with zero attached hydrogens (tertiary/aromatic N) is 1. The predicted octanol–water partition coefficient (Wildman–Crippen LogP) is 5.33. The number of Topliss-reactive ketones (excluding diaryl/α,β-unsaturated/α-hetero) is 1. The fourth-order valence-electron chi connectivity index (χ4n) is 3.51. The number of ketones is 1. The molecule has 26 heavy (non-hydrogen) atoms. The molecule has 4 aromatic rings. The van der Waals surface area contributed by atoms with Gasteiger partial charge in [-0.2, -0.15) is 0 Å². The van der Waals surface area contributed by atoms with Crippen molar-refractivity contribution in [2.24, 2.45) is 7.05 Å². The molecular formula is C23H18FNO. The molecule has 0 radical (unpaired) electrons. The second-order valence-electron chi connectivity index (χ2n) is 6.43. The van der Waals surface area contributed by atoms with Crippen molar-refractivity contribution in [3.8, 4) is 0 Å². The number of carbonyl (C=O) groups excluding carboxylic acids is 1. The first-order chi connectivity index (χ1) is 12.6. The minimum atomic E-state index is -0.482. The molecule has 0 aliphatic heterocycles. The third-order valence-electron chi connectivity index (χ3n) is 4.75. The lowest BCUT2D eigenvalue weighted by molar-refractivity contribution is 0.0974. The first-order valence-electron chi connectivity index (χ1n) is 8.54. The molecule has 0 saturated carbocycles. The van der Waals surface area contributed by atoms with Crippen LogP contribution in [0, 0.1) is 5.82 Å². The van der Waals surface area contributed by atoms with Crippen molar-refractivity contribution in [3.05, 3.63) is 108 Å². The number of fused-ring (bicyclic) bond motifs is 1. The summed E-state index contributed by atoms with van der Waals surface area (Å²) in [4.78, 5) is 13.4. The summed E-state index contributed by atoms with van der Waals surface area (Å²) < 4.78 is 15.9. The van der Waals surface area contributed by atoms with Crippen LogP contribution >= 0.6 is 0 Å². The highest BCUT2D eigenvalue weighted by molar-refractivity contribution is 6.05. The largest absolute Gasteiger partial charge is 0.350 e. The lowest BCUT2D eigenvalue weighted by Crippen LogP contribution is -2.14. The van der Waals surface area contributed by atoms with E-state index in [1.807, 2.05) is 78.5 Å². The zero-order valence-corrected chi connectivity index (χ0v) is 14.4. The topological polar surface area (TPSA) is 22.0 Å². The molecule has 1 aromatic heterocycles. The summed E-state index contributed by atoms with van der Waals surface area (Å²) in [6.45, 7) is 0. The molecule has 0 spiro atoms. The lowest BCUT2D eigenvalue weighted by atomic mass is 9.84. The van der Waals surface area contributed by atoms with E-state index < -0.39 is 5.92 Å². The van der Waals surface area contributed by atoms with Crippen LogP contribution in [0.1, 0.15) is 27.4 Å². The van der Waals surface area contributed by atoms with Gasteiger partial charge in [0, 0.05) is 29.7 Å². The molecule has 128 valence electrons. The minimum absolute atomic E-state index is 0.00793. The number of benzene rings is 3. The van der Waals surface area contributed by atoms with E-state index in [2.05, 4.69) is 0 Å². The van der Waals surface area contributed by atoms with Crippen molar-refractivity contribution >= 4 is 16.7 Å². The number of carbonyl (C=O) groups is 1. The summed E-state index contributed by atoms with van der Waals surface area (Å²) in [7, 11) is 1.92. The average Bonchev–Trinajstić information content (AvgIpc) is 2.99. The van der Waals surface area contributed by atoms with E-state index in [0.29, 0.717) is 5.56 Å². The van der Waals surface area contributed by atoms with Gasteiger partial charge in [0.15, 0.2) is 5.78 Å². The van der Waals surface area contributed by atoms with Gasteiger partial charge in [-0.25, -0.2) is 4.39 Å². The fourth-order valence-corrected chi connectivity index (χ4v) is 3.51. The van der Waals surface area contributed by atoms with Crippen LogP contribution in [0.2, 0.25) is 0 Å². The molecule has 0 aliphatic carbocycles. The van der Waals surface area contributed by atoms with Crippen LogP contribution in [0.5, 0.6) is 0 Å². The number of aromatic nitrogens is 1. The highest BCUT2D eigenvalue weighted by Gasteiger charge is 2.27. The average molecular weight is 343 g/mol. The van der Waals surface area contributed by atoms with E-state index >= 15 is 0 Å². The summed E-state index contributed by atoms with van der Waals surface area (Å²) in [6.07, 6.45) is 1.93. The summed E-state index contributed by atoms with van der Waals surface area (Å²) in [5.74, 6) is -0.776. The SMILES string of the molecule is Cn1cc([C@H](C(=O)c2ccccc2)c2ccccc2)c2cc(F)ccc21. The second kappa shape index (κ2) is 6.60. The van der Waals surface area contributed by atoms with Gasteiger partial charge in [0.1, 0.15) is 5.82 Å². The van der Waals surface area contributed by atoms with Crippen LogP contribution in [0.4, 0.5) is 4.39 Å². The number of hydrogen-bond acceptors (Lipinski definition) is 1. The van der Waals surface area contributed by atoms with Crippen molar-refractivity contribution in [3.63, 3.8) is 0 Å². The van der Waals surface area contributed by atoms with Gasteiger partial charge in [0.2, 0.25) is 0 Å². The van der Waals surface area contributed by atoms with Crippen molar-refractivity contribution in [2.45, 2.75) is 5.92 Å². The molecule has 0 aliphatic rings. The Balaban J connectivity index is 1.95. The zero-order valence-electron chi connectivity index (χ0n) is 14.4. The summed E-state index contributed by atoms with van der Waals surface area (Å²) >= 11 is 0. The van der Waals surface area contributed by atoms with E-state index in [4.69, 9.17) is 0 Å². The Morgan fingerprint density at radius 2 is 1.58 bits per heavy atom. The fraction of sp³-hybridized carbons (Fsp3) is 0.0870. The van der Waals surface area contributed by atoms with Crippen molar-refractivity contribution < 1.29 is 9.18 Å². The Morgan fingerprint density at radius 3 is 2.27 bits per heavy atom. The van der Waals surface area contributed by atoms with Crippen LogP contribution in [-0.2, 0) is 7.05 Å². The number of rotatable bonds is 4. The van der Waals surface area contributed by atoms with Gasteiger partial charge < -0.3 is 4.57 Å². The molecule has 3 heteroatoms. The lowest BCUT2D eigenvalue weighted by Gasteiger charge is -2.16. The summed E-state index contributed by atoms with van der Waals surface area (Å²) in [5.41, 5.74) is 3.28. The van der Waals surface area contributed by atoms with Gasteiger partial charge in [-0.05, 0) is 29.3 Å². The van der Waals surface area contributed by atoms with Gasteiger partial charge in [-0.3, -0.25) is 4.79 Å². The predicted molar refractivity (Wildman–Crippen MR) is 102 cm³/mol. The molecular weight excluding hydrogens is 325 g/mol. The van der Waals surface area contributed by atoms with E-state index in [1.54, 1.807) is 6.07 Å². The van der Waals surface area contributed by atoms with Gasteiger partial charge in [0.25, 0.3) is 0 Å². The monoisotopic (exact) mass is 343 g/mol.